The lowest BCUT2D eigenvalue weighted by atomic mass is 9.86. The summed E-state index contributed by atoms with van der Waals surface area (Å²) in [5, 5.41) is 0. The molecule has 0 radical (unpaired) electrons. The molecule has 0 N–H and O–H groups in total. The van der Waals surface area contributed by atoms with Gasteiger partial charge in [-0.1, -0.05) is 30.7 Å². The van der Waals surface area contributed by atoms with Crippen molar-refractivity contribution < 1.29 is 0 Å². The van der Waals surface area contributed by atoms with E-state index < -0.39 is 0 Å². The molecular formula is C11H14. The summed E-state index contributed by atoms with van der Waals surface area (Å²) in [7, 11) is 0. The maximum Gasteiger partial charge on any atom is -0.00999 e. The first kappa shape index (κ1) is 6.05. The average Bonchev–Trinajstić information content (AvgIpc) is 2.61. The molecule has 0 saturated heterocycles. The van der Waals surface area contributed by atoms with E-state index in [-0.39, 0.29) is 0 Å². The Hall–Kier alpha value is -0.520. The number of allylic oxidation sites excluding steroid dienone is 4. The van der Waals surface area contributed by atoms with Crippen LogP contribution in [0.1, 0.15) is 19.8 Å². The second-order valence-electron chi connectivity index (χ2n) is 4.24. The van der Waals surface area contributed by atoms with Crippen LogP contribution in [0.25, 0.3) is 0 Å². The lowest BCUT2D eigenvalue weighted by Gasteiger charge is -2.18. The summed E-state index contributed by atoms with van der Waals surface area (Å²) in [6.07, 6.45) is 10.0. The summed E-state index contributed by atoms with van der Waals surface area (Å²) in [5.41, 5.74) is 1.78. The van der Waals surface area contributed by atoms with Gasteiger partial charge < -0.3 is 0 Å². The molecule has 3 aliphatic rings. The minimum atomic E-state index is 0.912. The molecule has 4 atom stereocenters. The maximum absolute atomic E-state index is 2.50. The largest absolute Gasteiger partial charge is 0.0876 e. The van der Waals surface area contributed by atoms with Crippen molar-refractivity contribution in [3.8, 4) is 0 Å². The molecule has 58 valence electrons. The molecule has 3 rings (SSSR count). The predicted molar refractivity (Wildman–Crippen MR) is 46.1 cm³/mol. The van der Waals surface area contributed by atoms with E-state index in [0.717, 1.165) is 23.7 Å². The highest BCUT2D eigenvalue weighted by Crippen LogP contribution is 2.56. The molecule has 3 aliphatic carbocycles. The molecule has 1 fully saturated rings. The van der Waals surface area contributed by atoms with Crippen LogP contribution in [0.15, 0.2) is 23.8 Å². The topological polar surface area (TPSA) is 0 Å². The van der Waals surface area contributed by atoms with Crippen LogP contribution in [0, 0.1) is 23.7 Å². The second-order valence-corrected chi connectivity index (χ2v) is 4.24. The van der Waals surface area contributed by atoms with E-state index in [4.69, 9.17) is 0 Å². The third-order valence-corrected chi connectivity index (χ3v) is 3.93. The second kappa shape index (κ2) is 1.80. The lowest BCUT2D eigenvalue weighted by molar-refractivity contribution is 0.366. The van der Waals surface area contributed by atoms with Crippen molar-refractivity contribution in [1.29, 1.82) is 0 Å². The lowest BCUT2D eigenvalue weighted by Crippen LogP contribution is -2.11. The highest BCUT2D eigenvalue weighted by atomic mass is 14.5. The van der Waals surface area contributed by atoms with E-state index in [1.807, 2.05) is 0 Å². The van der Waals surface area contributed by atoms with Crippen LogP contribution in [-0.2, 0) is 0 Å². The Bertz CT molecular complexity index is 247. The van der Waals surface area contributed by atoms with Crippen LogP contribution in [-0.4, -0.2) is 0 Å². The smallest absolute Gasteiger partial charge is 0.00999 e. The summed E-state index contributed by atoms with van der Waals surface area (Å²) in [6, 6.07) is 0. The fourth-order valence-corrected chi connectivity index (χ4v) is 3.36. The van der Waals surface area contributed by atoms with E-state index in [1.54, 1.807) is 5.57 Å². The molecule has 0 aromatic heterocycles. The van der Waals surface area contributed by atoms with Crippen molar-refractivity contribution in [3.63, 3.8) is 0 Å². The Morgan fingerprint density at radius 1 is 1.36 bits per heavy atom. The van der Waals surface area contributed by atoms with Crippen molar-refractivity contribution >= 4 is 0 Å². The van der Waals surface area contributed by atoms with E-state index in [9.17, 15) is 0 Å². The third kappa shape index (κ3) is 0.571. The van der Waals surface area contributed by atoms with Crippen LogP contribution in [0.2, 0.25) is 0 Å². The van der Waals surface area contributed by atoms with Crippen molar-refractivity contribution in [2.24, 2.45) is 23.7 Å². The van der Waals surface area contributed by atoms with Crippen molar-refractivity contribution in [1.82, 2.24) is 0 Å². The van der Waals surface area contributed by atoms with Gasteiger partial charge in [0.05, 0.1) is 0 Å². The molecule has 0 heteroatoms. The number of hydrogen-bond acceptors (Lipinski definition) is 0. The van der Waals surface area contributed by atoms with Gasteiger partial charge in [0.25, 0.3) is 0 Å². The van der Waals surface area contributed by atoms with Gasteiger partial charge in [-0.25, -0.2) is 0 Å². The molecule has 0 nitrogen and oxygen atoms in total. The Kier molecular flexibility index (Phi) is 0.988. The van der Waals surface area contributed by atoms with Gasteiger partial charge in [0.1, 0.15) is 0 Å². The maximum atomic E-state index is 2.50. The molecule has 0 aliphatic heterocycles. The fourth-order valence-electron chi connectivity index (χ4n) is 3.36. The monoisotopic (exact) mass is 146 g/mol. The fraction of sp³-hybridized carbons (Fsp3) is 0.636. The minimum absolute atomic E-state index is 0.912. The summed E-state index contributed by atoms with van der Waals surface area (Å²) in [5.74, 6) is 3.76. The number of rotatable bonds is 0. The molecule has 0 aromatic carbocycles. The molecular weight excluding hydrogens is 132 g/mol. The van der Waals surface area contributed by atoms with Gasteiger partial charge in [0.15, 0.2) is 0 Å². The molecule has 0 spiro atoms. The molecule has 0 amide bonds. The first-order valence-electron chi connectivity index (χ1n) is 4.74. The van der Waals surface area contributed by atoms with Crippen molar-refractivity contribution in [2.75, 3.05) is 0 Å². The summed E-state index contributed by atoms with van der Waals surface area (Å²) in [6.45, 7) is 2.41. The zero-order valence-corrected chi connectivity index (χ0v) is 6.96. The molecule has 2 bridgehead atoms. The normalized spacial score (nSPS) is 51.5. The molecule has 4 unspecified atom stereocenters. The Morgan fingerprint density at radius 3 is 3.09 bits per heavy atom. The highest BCUT2D eigenvalue weighted by molar-refractivity contribution is 5.32. The van der Waals surface area contributed by atoms with E-state index >= 15 is 0 Å². The summed E-state index contributed by atoms with van der Waals surface area (Å²) >= 11 is 0. The quantitative estimate of drug-likeness (QED) is 0.461. The number of hydrogen-bond donors (Lipinski definition) is 0. The molecule has 0 heterocycles. The molecule has 1 saturated carbocycles. The zero-order chi connectivity index (χ0) is 7.42. The van der Waals surface area contributed by atoms with Crippen LogP contribution in [0.4, 0.5) is 0 Å². The van der Waals surface area contributed by atoms with Gasteiger partial charge in [0, 0.05) is 0 Å². The average molecular weight is 146 g/mol. The van der Waals surface area contributed by atoms with Crippen molar-refractivity contribution in [3.05, 3.63) is 23.8 Å². The van der Waals surface area contributed by atoms with Gasteiger partial charge in [-0.2, -0.15) is 0 Å². The van der Waals surface area contributed by atoms with Crippen LogP contribution in [0.5, 0.6) is 0 Å². The zero-order valence-electron chi connectivity index (χ0n) is 6.96. The third-order valence-electron chi connectivity index (χ3n) is 3.93. The first-order valence-corrected chi connectivity index (χ1v) is 4.74. The Balaban J connectivity index is 2.07. The van der Waals surface area contributed by atoms with Gasteiger partial charge in [0.2, 0.25) is 0 Å². The van der Waals surface area contributed by atoms with Gasteiger partial charge in [-0.3, -0.25) is 0 Å². The first-order chi connectivity index (χ1) is 5.38. The Morgan fingerprint density at radius 2 is 2.27 bits per heavy atom. The summed E-state index contributed by atoms with van der Waals surface area (Å²) in [4.78, 5) is 0. The van der Waals surface area contributed by atoms with Crippen LogP contribution >= 0.6 is 0 Å². The Labute approximate surface area is 68.0 Å². The predicted octanol–water partition coefficient (Wildman–Crippen LogP) is 2.77. The van der Waals surface area contributed by atoms with Crippen LogP contribution in [0.3, 0.4) is 0 Å². The summed E-state index contributed by atoms with van der Waals surface area (Å²) < 4.78 is 0. The highest BCUT2D eigenvalue weighted by Gasteiger charge is 2.47. The van der Waals surface area contributed by atoms with Gasteiger partial charge in [-0.15, -0.1) is 0 Å². The van der Waals surface area contributed by atoms with E-state index in [2.05, 4.69) is 25.2 Å². The standard InChI is InChI=1S/C11H14/c1-7-8-5-6-9(7)11-4-2-3-10(8)11/h2-3,6-8,10-11H,4-5H2,1H3. The van der Waals surface area contributed by atoms with Crippen molar-refractivity contribution in [2.45, 2.75) is 19.8 Å². The number of fused-ring (bicyclic) bond motifs is 5. The van der Waals surface area contributed by atoms with Gasteiger partial charge >= 0.3 is 0 Å². The van der Waals surface area contributed by atoms with E-state index in [0.29, 0.717) is 0 Å². The molecule has 11 heavy (non-hydrogen) atoms. The minimum Gasteiger partial charge on any atom is -0.0876 e. The van der Waals surface area contributed by atoms with Crippen LogP contribution < -0.4 is 0 Å². The SMILES string of the molecule is CC1C2=CCC1C1C=CCC21. The molecule has 0 aromatic rings. The van der Waals surface area contributed by atoms with E-state index in [1.165, 1.54) is 12.8 Å². The van der Waals surface area contributed by atoms with Gasteiger partial charge in [-0.05, 0) is 36.5 Å².